The number of amides is 1. The zero-order valence-corrected chi connectivity index (χ0v) is 17.7. The number of nitrogens with one attached hydrogen (secondary N) is 1. The first kappa shape index (κ1) is 21.6. The maximum absolute atomic E-state index is 14.3. The van der Waals surface area contributed by atoms with E-state index in [1.807, 2.05) is 6.07 Å². The Balaban J connectivity index is 1.71. The van der Waals surface area contributed by atoms with Crippen molar-refractivity contribution in [1.82, 2.24) is 9.71 Å². The van der Waals surface area contributed by atoms with Crippen LogP contribution in [0.4, 0.5) is 10.2 Å². The molecule has 1 aromatic carbocycles. The summed E-state index contributed by atoms with van der Waals surface area (Å²) in [6.07, 6.45) is 4.18. The fraction of sp³-hybridized carbons (Fsp3) is 0.333. The molecule has 0 unspecified atom stereocenters. The Kier molecular flexibility index (Phi) is 6.50. The lowest BCUT2D eigenvalue weighted by atomic mass is 10.2. The summed E-state index contributed by atoms with van der Waals surface area (Å²) < 4.78 is 44.0. The van der Waals surface area contributed by atoms with Crippen LogP contribution < -0.4 is 14.4 Å². The SMILES string of the molecule is CS(=O)(=O)NC(=O)c1cc(Cl)c(OC[C@H]2CCCN2c2ccc(Cl)cn2)cc1F. The van der Waals surface area contributed by atoms with Gasteiger partial charge in [-0.25, -0.2) is 22.5 Å². The van der Waals surface area contributed by atoms with Crippen molar-refractivity contribution in [2.45, 2.75) is 18.9 Å². The molecule has 0 spiro atoms. The number of anilines is 1. The second-order valence-corrected chi connectivity index (χ2v) is 9.19. The number of benzene rings is 1. The summed E-state index contributed by atoms with van der Waals surface area (Å²) in [5.41, 5.74) is -0.486. The number of hydrogen-bond donors (Lipinski definition) is 1. The average Bonchev–Trinajstić information content (AvgIpc) is 3.09. The van der Waals surface area contributed by atoms with E-state index in [-0.39, 0.29) is 23.4 Å². The normalized spacial score (nSPS) is 16.7. The molecule has 0 saturated carbocycles. The Morgan fingerprint density at radius 2 is 2.14 bits per heavy atom. The highest BCUT2D eigenvalue weighted by Crippen LogP contribution is 2.30. The van der Waals surface area contributed by atoms with Gasteiger partial charge in [0, 0.05) is 18.8 Å². The number of rotatable bonds is 6. The first-order valence-electron chi connectivity index (χ1n) is 8.66. The molecule has 1 aromatic heterocycles. The number of hydrogen-bond acceptors (Lipinski definition) is 6. The van der Waals surface area contributed by atoms with Gasteiger partial charge in [-0.1, -0.05) is 23.2 Å². The van der Waals surface area contributed by atoms with Crippen molar-refractivity contribution in [3.63, 3.8) is 0 Å². The molecular formula is C18H18Cl2FN3O4S. The lowest BCUT2D eigenvalue weighted by Crippen LogP contribution is -2.34. The Morgan fingerprint density at radius 1 is 1.38 bits per heavy atom. The molecule has 0 aliphatic carbocycles. The Labute approximate surface area is 177 Å². The number of ether oxygens (including phenoxy) is 1. The fourth-order valence-electron chi connectivity index (χ4n) is 3.07. The summed E-state index contributed by atoms with van der Waals surface area (Å²) in [5, 5.41) is 0.544. The third-order valence-electron chi connectivity index (χ3n) is 4.36. The zero-order chi connectivity index (χ0) is 21.2. The number of halogens is 3. The van der Waals surface area contributed by atoms with E-state index in [1.54, 1.807) is 17.0 Å². The molecule has 3 rings (SSSR count). The maximum atomic E-state index is 14.3. The van der Waals surface area contributed by atoms with Crippen LogP contribution in [0.25, 0.3) is 0 Å². The molecule has 1 fully saturated rings. The van der Waals surface area contributed by atoms with Crippen LogP contribution in [0.15, 0.2) is 30.5 Å². The molecule has 156 valence electrons. The van der Waals surface area contributed by atoms with Crippen LogP contribution in [0.3, 0.4) is 0 Å². The predicted molar refractivity (Wildman–Crippen MR) is 109 cm³/mol. The van der Waals surface area contributed by atoms with Crippen LogP contribution in [0.5, 0.6) is 5.75 Å². The van der Waals surface area contributed by atoms with Crippen LogP contribution in [0.2, 0.25) is 10.0 Å². The summed E-state index contributed by atoms with van der Waals surface area (Å²) >= 11 is 12.0. The quantitative estimate of drug-likeness (QED) is 0.709. The molecule has 0 bridgehead atoms. The second kappa shape index (κ2) is 8.73. The molecule has 1 N–H and O–H groups in total. The largest absolute Gasteiger partial charge is 0.490 e. The van der Waals surface area contributed by atoms with Gasteiger partial charge in [0.25, 0.3) is 5.91 Å². The van der Waals surface area contributed by atoms with E-state index in [0.717, 1.165) is 43.6 Å². The van der Waals surface area contributed by atoms with E-state index in [9.17, 15) is 17.6 Å². The van der Waals surface area contributed by atoms with Gasteiger partial charge in [0.05, 0.1) is 27.9 Å². The molecule has 1 atom stereocenters. The highest BCUT2D eigenvalue weighted by molar-refractivity contribution is 7.89. The van der Waals surface area contributed by atoms with E-state index in [2.05, 4.69) is 9.88 Å². The summed E-state index contributed by atoms with van der Waals surface area (Å²) in [5.74, 6) is -1.20. The van der Waals surface area contributed by atoms with Crippen LogP contribution in [0, 0.1) is 5.82 Å². The molecule has 11 heteroatoms. The van der Waals surface area contributed by atoms with Crippen molar-refractivity contribution in [3.8, 4) is 5.75 Å². The summed E-state index contributed by atoms with van der Waals surface area (Å²) in [6, 6.07) is 5.60. The minimum atomic E-state index is -3.83. The van der Waals surface area contributed by atoms with Crippen molar-refractivity contribution in [2.24, 2.45) is 0 Å². The first-order chi connectivity index (χ1) is 13.6. The van der Waals surface area contributed by atoms with Gasteiger partial charge in [0.15, 0.2) is 0 Å². The van der Waals surface area contributed by atoms with Crippen molar-refractivity contribution < 1.29 is 22.3 Å². The van der Waals surface area contributed by atoms with Gasteiger partial charge in [0.2, 0.25) is 10.0 Å². The van der Waals surface area contributed by atoms with Gasteiger partial charge in [0.1, 0.15) is 24.0 Å². The molecule has 1 aliphatic heterocycles. The number of sulfonamides is 1. The van der Waals surface area contributed by atoms with Gasteiger partial charge >= 0.3 is 0 Å². The Hall–Kier alpha value is -2.10. The van der Waals surface area contributed by atoms with Crippen molar-refractivity contribution >= 4 is 45.0 Å². The second-order valence-electron chi connectivity index (χ2n) is 6.60. The zero-order valence-electron chi connectivity index (χ0n) is 15.4. The third-order valence-corrected chi connectivity index (χ3v) is 5.43. The molecule has 1 amide bonds. The van der Waals surface area contributed by atoms with Crippen molar-refractivity contribution in [2.75, 3.05) is 24.3 Å². The number of carbonyl (C=O) groups is 1. The molecule has 7 nitrogen and oxygen atoms in total. The van der Waals surface area contributed by atoms with Crippen LogP contribution in [-0.4, -0.2) is 44.8 Å². The number of aromatic nitrogens is 1. The van der Waals surface area contributed by atoms with Gasteiger partial charge in [-0.3, -0.25) is 4.79 Å². The highest BCUT2D eigenvalue weighted by Gasteiger charge is 2.27. The average molecular weight is 462 g/mol. The predicted octanol–water partition coefficient (Wildman–Crippen LogP) is 3.26. The van der Waals surface area contributed by atoms with E-state index in [1.165, 1.54) is 0 Å². The van der Waals surface area contributed by atoms with E-state index in [0.29, 0.717) is 5.02 Å². The molecule has 1 saturated heterocycles. The number of carbonyl (C=O) groups excluding carboxylic acids is 1. The Morgan fingerprint density at radius 3 is 2.79 bits per heavy atom. The standard InChI is InChI=1S/C18H18Cl2FN3O4S/c1-29(26,27)23-18(25)13-7-14(20)16(8-15(13)21)28-10-12-3-2-6-24(12)17-5-4-11(19)9-22-17/h4-5,7-9,12H,2-3,6,10H2,1H3,(H,23,25)/t12-/m1/s1. The van der Waals surface area contributed by atoms with Crippen LogP contribution in [0.1, 0.15) is 23.2 Å². The van der Waals surface area contributed by atoms with Gasteiger partial charge < -0.3 is 9.64 Å². The maximum Gasteiger partial charge on any atom is 0.267 e. The highest BCUT2D eigenvalue weighted by atomic mass is 35.5. The summed E-state index contributed by atoms with van der Waals surface area (Å²) in [4.78, 5) is 18.3. The minimum Gasteiger partial charge on any atom is -0.490 e. The van der Waals surface area contributed by atoms with Crippen LogP contribution in [-0.2, 0) is 10.0 Å². The lowest BCUT2D eigenvalue weighted by molar-refractivity contribution is 0.0977. The number of nitrogens with zero attached hydrogens (tertiary/aromatic N) is 2. The molecular weight excluding hydrogens is 444 g/mol. The smallest absolute Gasteiger partial charge is 0.267 e. The number of pyridine rings is 1. The lowest BCUT2D eigenvalue weighted by Gasteiger charge is -2.26. The van der Waals surface area contributed by atoms with Crippen LogP contribution >= 0.6 is 23.2 Å². The van der Waals surface area contributed by atoms with E-state index >= 15 is 0 Å². The minimum absolute atomic E-state index is 0.000726. The van der Waals surface area contributed by atoms with E-state index < -0.39 is 27.3 Å². The van der Waals surface area contributed by atoms with Crippen molar-refractivity contribution in [3.05, 3.63) is 51.9 Å². The summed E-state index contributed by atoms with van der Waals surface area (Å²) in [6.45, 7) is 1.04. The van der Waals surface area contributed by atoms with Gasteiger partial charge in [-0.15, -0.1) is 0 Å². The molecule has 29 heavy (non-hydrogen) atoms. The monoisotopic (exact) mass is 461 g/mol. The van der Waals surface area contributed by atoms with Gasteiger partial charge in [-0.2, -0.15) is 0 Å². The molecule has 2 heterocycles. The molecule has 1 aliphatic rings. The Bertz CT molecular complexity index is 1020. The van der Waals surface area contributed by atoms with Gasteiger partial charge in [-0.05, 0) is 31.0 Å². The third kappa shape index (κ3) is 5.49. The fourth-order valence-corrected chi connectivity index (χ4v) is 3.85. The summed E-state index contributed by atoms with van der Waals surface area (Å²) in [7, 11) is -3.83. The van der Waals surface area contributed by atoms with E-state index in [4.69, 9.17) is 27.9 Å². The first-order valence-corrected chi connectivity index (χ1v) is 11.3. The van der Waals surface area contributed by atoms with Crippen molar-refractivity contribution in [1.29, 1.82) is 0 Å². The molecule has 0 radical (unpaired) electrons. The molecule has 2 aromatic rings. The topological polar surface area (TPSA) is 88.6 Å².